The van der Waals surface area contributed by atoms with Gasteiger partial charge in [-0.2, -0.15) is 0 Å². The van der Waals surface area contributed by atoms with Crippen molar-refractivity contribution in [3.63, 3.8) is 0 Å². The van der Waals surface area contributed by atoms with Gasteiger partial charge < -0.3 is 14.3 Å². The normalized spacial score (nSPS) is 15.2. The first kappa shape index (κ1) is 12.4. The van der Waals surface area contributed by atoms with Gasteiger partial charge >= 0.3 is 0 Å². The summed E-state index contributed by atoms with van der Waals surface area (Å²) >= 11 is 0. The summed E-state index contributed by atoms with van der Waals surface area (Å²) in [4.78, 5) is 0. The van der Waals surface area contributed by atoms with Crippen LogP contribution in [-0.4, -0.2) is 14.8 Å². The van der Waals surface area contributed by atoms with Crippen molar-refractivity contribution >= 4 is 0 Å². The van der Waals surface area contributed by atoms with Crippen molar-refractivity contribution in [3.05, 3.63) is 35.3 Å². The van der Waals surface area contributed by atoms with Crippen molar-refractivity contribution in [3.8, 4) is 0 Å². The Kier molecular flexibility index (Phi) is 3.64. The average Bonchev–Trinajstić information content (AvgIpc) is 2.90. The Balaban J connectivity index is 1.59. The number of rotatable bonds is 4. The lowest BCUT2D eigenvalue weighted by molar-refractivity contribution is 0.456. The van der Waals surface area contributed by atoms with E-state index in [-0.39, 0.29) is 0 Å². The van der Waals surface area contributed by atoms with E-state index in [4.69, 9.17) is 4.42 Å². The van der Waals surface area contributed by atoms with Crippen LogP contribution in [0.25, 0.3) is 0 Å². The van der Waals surface area contributed by atoms with Crippen LogP contribution in [0.1, 0.15) is 42.4 Å². The van der Waals surface area contributed by atoms with E-state index >= 15 is 0 Å². The molecular formula is C14H20N4O. The maximum atomic E-state index is 5.53. The first-order chi connectivity index (χ1) is 9.33. The second kappa shape index (κ2) is 5.57. The molecule has 0 bridgehead atoms. The molecule has 0 amide bonds. The van der Waals surface area contributed by atoms with Crippen LogP contribution in [0.15, 0.2) is 16.5 Å². The van der Waals surface area contributed by atoms with Crippen molar-refractivity contribution in [2.24, 2.45) is 0 Å². The summed E-state index contributed by atoms with van der Waals surface area (Å²) in [5.41, 5.74) is 0. The van der Waals surface area contributed by atoms with Crippen LogP contribution in [0, 0.1) is 6.92 Å². The van der Waals surface area contributed by atoms with Crippen LogP contribution in [0.3, 0.4) is 0 Å². The maximum absolute atomic E-state index is 5.53. The van der Waals surface area contributed by atoms with E-state index in [2.05, 4.69) is 20.1 Å². The predicted octanol–water partition coefficient (Wildman–Crippen LogP) is 2.20. The lowest BCUT2D eigenvalue weighted by Crippen LogP contribution is -2.17. The Morgan fingerprint density at radius 3 is 3.00 bits per heavy atom. The summed E-state index contributed by atoms with van der Waals surface area (Å²) < 4.78 is 7.80. The van der Waals surface area contributed by atoms with E-state index in [1.807, 2.05) is 19.1 Å². The molecule has 1 aliphatic heterocycles. The zero-order chi connectivity index (χ0) is 13.1. The Bertz CT molecular complexity index is 543. The van der Waals surface area contributed by atoms with Gasteiger partial charge in [0.05, 0.1) is 13.1 Å². The Labute approximate surface area is 113 Å². The summed E-state index contributed by atoms with van der Waals surface area (Å²) in [6.07, 6.45) is 4.82. The van der Waals surface area contributed by atoms with Crippen LogP contribution in [0.5, 0.6) is 0 Å². The second-order valence-electron chi connectivity index (χ2n) is 5.11. The molecule has 0 radical (unpaired) electrons. The first-order valence-electron chi connectivity index (χ1n) is 7.00. The number of aromatic nitrogens is 3. The number of hydrogen-bond donors (Lipinski definition) is 1. The zero-order valence-electron chi connectivity index (χ0n) is 11.4. The smallest absolute Gasteiger partial charge is 0.147 e. The molecule has 5 nitrogen and oxygen atoms in total. The van der Waals surface area contributed by atoms with Gasteiger partial charge in [0.2, 0.25) is 0 Å². The highest BCUT2D eigenvalue weighted by atomic mass is 16.3. The SMILES string of the molecule is Cc1ccc(CNCc2nnc3n2CCCCC3)o1. The lowest BCUT2D eigenvalue weighted by Gasteiger charge is -2.07. The zero-order valence-corrected chi connectivity index (χ0v) is 11.4. The molecule has 0 aromatic carbocycles. The molecule has 0 spiro atoms. The van der Waals surface area contributed by atoms with Crippen molar-refractivity contribution in [2.75, 3.05) is 0 Å². The minimum Gasteiger partial charge on any atom is -0.465 e. The van der Waals surface area contributed by atoms with Gasteiger partial charge in [-0.25, -0.2) is 0 Å². The highest BCUT2D eigenvalue weighted by molar-refractivity contribution is 5.05. The molecule has 0 saturated heterocycles. The highest BCUT2D eigenvalue weighted by Crippen LogP contribution is 2.14. The van der Waals surface area contributed by atoms with E-state index in [0.717, 1.165) is 49.2 Å². The number of nitrogens with one attached hydrogen (secondary N) is 1. The molecule has 0 unspecified atom stereocenters. The lowest BCUT2D eigenvalue weighted by atomic mass is 10.2. The first-order valence-corrected chi connectivity index (χ1v) is 7.00. The number of nitrogens with zero attached hydrogens (tertiary/aromatic N) is 3. The third-order valence-corrected chi connectivity index (χ3v) is 3.56. The Morgan fingerprint density at radius 1 is 1.21 bits per heavy atom. The van der Waals surface area contributed by atoms with Gasteiger partial charge in [0.1, 0.15) is 23.2 Å². The minimum absolute atomic E-state index is 0.732. The van der Waals surface area contributed by atoms with Crippen molar-refractivity contribution < 1.29 is 4.42 Å². The fraction of sp³-hybridized carbons (Fsp3) is 0.571. The third-order valence-electron chi connectivity index (χ3n) is 3.56. The number of hydrogen-bond acceptors (Lipinski definition) is 4. The summed E-state index contributed by atoms with van der Waals surface area (Å²) in [6, 6.07) is 3.99. The summed E-state index contributed by atoms with van der Waals surface area (Å²) in [6.45, 7) is 4.49. The van der Waals surface area contributed by atoms with Gasteiger partial charge in [0, 0.05) is 13.0 Å². The molecule has 2 aromatic heterocycles. The van der Waals surface area contributed by atoms with Gasteiger partial charge in [0.15, 0.2) is 0 Å². The summed E-state index contributed by atoms with van der Waals surface area (Å²) in [5.74, 6) is 4.10. The number of fused-ring (bicyclic) bond motifs is 1. The molecule has 0 atom stereocenters. The topological polar surface area (TPSA) is 55.9 Å². The number of aryl methyl sites for hydroxylation is 2. The van der Waals surface area contributed by atoms with E-state index in [1.165, 1.54) is 19.3 Å². The third kappa shape index (κ3) is 2.87. The molecule has 2 aromatic rings. The van der Waals surface area contributed by atoms with Crippen LogP contribution in [-0.2, 0) is 26.1 Å². The molecule has 1 N–H and O–H groups in total. The minimum atomic E-state index is 0.732. The van der Waals surface area contributed by atoms with E-state index in [1.54, 1.807) is 0 Å². The molecule has 5 heteroatoms. The molecule has 3 heterocycles. The molecular weight excluding hydrogens is 240 g/mol. The molecule has 3 rings (SSSR count). The fourth-order valence-electron chi connectivity index (χ4n) is 2.55. The van der Waals surface area contributed by atoms with Crippen LogP contribution in [0.4, 0.5) is 0 Å². The average molecular weight is 260 g/mol. The molecule has 0 saturated carbocycles. The molecule has 19 heavy (non-hydrogen) atoms. The quantitative estimate of drug-likeness (QED) is 0.915. The highest BCUT2D eigenvalue weighted by Gasteiger charge is 2.14. The summed E-state index contributed by atoms with van der Waals surface area (Å²) in [5, 5.41) is 12.0. The van der Waals surface area contributed by atoms with Crippen LogP contribution < -0.4 is 5.32 Å². The maximum Gasteiger partial charge on any atom is 0.147 e. The monoisotopic (exact) mass is 260 g/mol. The standard InChI is InChI=1S/C14H20N4O/c1-11-6-7-12(19-11)9-15-10-14-17-16-13-5-3-2-4-8-18(13)14/h6-7,15H,2-5,8-10H2,1H3. The number of furan rings is 1. The predicted molar refractivity (Wildman–Crippen MR) is 71.6 cm³/mol. The fourth-order valence-corrected chi connectivity index (χ4v) is 2.55. The largest absolute Gasteiger partial charge is 0.465 e. The van der Waals surface area contributed by atoms with Gasteiger partial charge in [0.25, 0.3) is 0 Å². The molecule has 0 fully saturated rings. The molecule has 1 aliphatic rings. The van der Waals surface area contributed by atoms with Gasteiger partial charge in [-0.3, -0.25) is 0 Å². The molecule has 0 aliphatic carbocycles. The van der Waals surface area contributed by atoms with Gasteiger partial charge in [-0.15, -0.1) is 10.2 Å². The summed E-state index contributed by atoms with van der Waals surface area (Å²) in [7, 11) is 0. The van der Waals surface area contributed by atoms with Crippen molar-refractivity contribution in [2.45, 2.75) is 52.2 Å². The van der Waals surface area contributed by atoms with E-state index < -0.39 is 0 Å². The van der Waals surface area contributed by atoms with Crippen LogP contribution >= 0.6 is 0 Å². The van der Waals surface area contributed by atoms with Crippen LogP contribution in [0.2, 0.25) is 0 Å². The van der Waals surface area contributed by atoms with Crippen molar-refractivity contribution in [1.29, 1.82) is 0 Å². The van der Waals surface area contributed by atoms with Crippen molar-refractivity contribution in [1.82, 2.24) is 20.1 Å². The van der Waals surface area contributed by atoms with E-state index in [9.17, 15) is 0 Å². The van der Waals surface area contributed by atoms with Gasteiger partial charge in [-0.1, -0.05) is 6.42 Å². The van der Waals surface area contributed by atoms with E-state index in [0.29, 0.717) is 0 Å². The van der Waals surface area contributed by atoms with Gasteiger partial charge in [-0.05, 0) is 31.9 Å². The second-order valence-corrected chi connectivity index (χ2v) is 5.11. The Hall–Kier alpha value is -1.62. The molecule has 102 valence electrons. The Morgan fingerprint density at radius 2 is 2.16 bits per heavy atom.